The lowest BCUT2D eigenvalue weighted by Crippen LogP contribution is -2.26. The number of rotatable bonds is 7. The minimum Gasteiger partial charge on any atom is -0.454 e. The first-order valence-electron chi connectivity index (χ1n) is 9.56. The molecule has 3 aromatic rings. The van der Waals surface area contributed by atoms with Gasteiger partial charge in [-0.15, -0.1) is 0 Å². The zero-order chi connectivity index (χ0) is 20.1. The lowest BCUT2D eigenvalue weighted by molar-refractivity contribution is 0.110. The number of benzene rings is 2. The Morgan fingerprint density at radius 3 is 2.28 bits per heavy atom. The highest BCUT2D eigenvalue weighted by atomic mass is 16.5. The van der Waals surface area contributed by atoms with Crippen LogP contribution in [0.4, 0.5) is 4.79 Å². The molecule has 0 atom stereocenters. The number of hydrogen-bond donors (Lipinski definition) is 1. The summed E-state index contributed by atoms with van der Waals surface area (Å²) in [5.74, 6) is 0.952. The first-order chi connectivity index (χ1) is 14.3. The van der Waals surface area contributed by atoms with Gasteiger partial charge < -0.3 is 14.5 Å². The molecule has 5 nitrogen and oxygen atoms in total. The van der Waals surface area contributed by atoms with Gasteiger partial charge in [0.05, 0.1) is 0 Å². The van der Waals surface area contributed by atoms with E-state index >= 15 is 0 Å². The van der Waals surface area contributed by atoms with E-state index < -0.39 is 6.09 Å². The maximum atomic E-state index is 12.1. The molecule has 0 saturated carbocycles. The van der Waals surface area contributed by atoms with Gasteiger partial charge in [-0.1, -0.05) is 54.6 Å². The van der Waals surface area contributed by atoms with Crippen LogP contribution in [-0.2, 0) is 4.74 Å². The number of amides is 1. The molecule has 1 aliphatic rings. The van der Waals surface area contributed by atoms with Crippen molar-refractivity contribution in [2.45, 2.75) is 12.3 Å². The largest absolute Gasteiger partial charge is 0.454 e. The van der Waals surface area contributed by atoms with Crippen LogP contribution in [0.25, 0.3) is 17.2 Å². The quantitative estimate of drug-likeness (QED) is 0.456. The van der Waals surface area contributed by atoms with Crippen LogP contribution in [0, 0.1) is 0 Å². The highest BCUT2D eigenvalue weighted by molar-refractivity contribution is 5.79. The fraction of sp³-hybridized carbons (Fsp3) is 0.167. The lowest BCUT2D eigenvalue weighted by Gasteiger charge is -2.14. The van der Waals surface area contributed by atoms with E-state index in [0.717, 1.165) is 0 Å². The fourth-order valence-electron chi connectivity index (χ4n) is 3.63. The van der Waals surface area contributed by atoms with Crippen LogP contribution in [-0.4, -0.2) is 25.5 Å². The molecule has 0 saturated heterocycles. The second-order valence-electron chi connectivity index (χ2n) is 6.80. The van der Waals surface area contributed by atoms with Crippen LogP contribution >= 0.6 is 0 Å². The Labute approximate surface area is 169 Å². The number of ether oxygens (including phenoxy) is 1. The van der Waals surface area contributed by atoms with Gasteiger partial charge in [-0.3, -0.25) is 4.79 Å². The number of carbonyl (C=O) groups is 2. The molecule has 146 valence electrons. The van der Waals surface area contributed by atoms with Crippen molar-refractivity contribution in [2.75, 3.05) is 13.2 Å². The Morgan fingerprint density at radius 2 is 1.62 bits per heavy atom. The van der Waals surface area contributed by atoms with Gasteiger partial charge in [0.25, 0.3) is 0 Å². The van der Waals surface area contributed by atoms with Crippen molar-refractivity contribution in [2.24, 2.45) is 0 Å². The second kappa shape index (κ2) is 8.61. The van der Waals surface area contributed by atoms with E-state index in [2.05, 4.69) is 29.6 Å². The zero-order valence-corrected chi connectivity index (χ0v) is 15.8. The molecule has 1 aromatic heterocycles. The molecule has 0 spiro atoms. The van der Waals surface area contributed by atoms with Crippen LogP contribution in [0.15, 0.2) is 71.2 Å². The van der Waals surface area contributed by atoms with Gasteiger partial charge in [0.15, 0.2) is 12.0 Å². The fourth-order valence-corrected chi connectivity index (χ4v) is 3.63. The summed E-state index contributed by atoms with van der Waals surface area (Å²) in [7, 11) is 0. The van der Waals surface area contributed by atoms with E-state index in [1.165, 1.54) is 22.3 Å². The van der Waals surface area contributed by atoms with E-state index in [4.69, 9.17) is 9.15 Å². The molecule has 2 aromatic carbocycles. The second-order valence-corrected chi connectivity index (χ2v) is 6.80. The standard InChI is InChI=1S/C24H21NO4/c26-15-18-13-12-17(29-18)7-5-6-14-25-24(27)28-16-23-21-10-3-1-8-19(21)20-9-2-4-11-22(20)23/h1-5,7-13,15,23H,6,14,16H2,(H,25,27). The number of hydrogen-bond acceptors (Lipinski definition) is 4. The van der Waals surface area contributed by atoms with Crippen molar-refractivity contribution in [3.8, 4) is 11.1 Å². The third kappa shape index (κ3) is 4.14. The Balaban J connectivity index is 1.27. The van der Waals surface area contributed by atoms with Crippen LogP contribution < -0.4 is 5.32 Å². The van der Waals surface area contributed by atoms with Gasteiger partial charge >= 0.3 is 6.09 Å². The maximum Gasteiger partial charge on any atom is 0.407 e. The molecule has 29 heavy (non-hydrogen) atoms. The molecule has 0 fully saturated rings. The molecule has 0 bridgehead atoms. The highest BCUT2D eigenvalue weighted by Crippen LogP contribution is 2.44. The van der Waals surface area contributed by atoms with Gasteiger partial charge in [-0.05, 0) is 46.9 Å². The number of furan rings is 1. The van der Waals surface area contributed by atoms with Crippen LogP contribution in [0.2, 0.25) is 0 Å². The SMILES string of the molecule is O=Cc1ccc(C=CCCNC(=O)OCC2c3ccccc3-c3ccccc32)o1. The molecule has 1 N–H and O–H groups in total. The molecule has 0 unspecified atom stereocenters. The smallest absolute Gasteiger partial charge is 0.407 e. The van der Waals surface area contributed by atoms with Gasteiger partial charge in [-0.25, -0.2) is 4.79 Å². The minimum atomic E-state index is -0.429. The van der Waals surface area contributed by atoms with E-state index in [0.29, 0.717) is 37.4 Å². The predicted molar refractivity (Wildman–Crippen MR) is 111 cm³/mol. The van der Waals surface area contributed by atoms with E-state index in [-0.39, 0.29) is 5.92 Å². The molecular formula is C24H21NO4. The van der Waals surface area contributed by atoms with E-state index in [9.17, 15) is 9.59 Å². The predicted octanol–water partition coefficient (Wildman–Crippen LogP) is 5.03. The minimum absolute atomic E-state index is 0.0546. The van der Waals surface area contributed by atoms with Crippen molar-refractivity contribution in [1.82, 2.24) is 5.32 Å². The molecule has 5 heteroatoms. The number of aldehydes is 1. The summed E-state index contributed by atoms with van der Waals surface area (Å²) in [4.78, 5) is 22.7. The maximum absolute atomic E-state index is 12.1. The summed E-state index contributed by atoms with van der Waals surface area (Å²) in [5.41, 5.74) is 4.80. The van der Waals surface area contributed by atoms with E-state index in [1.54, 1.807) is 18.2 Å². The zero-order valence-electron chi connectivity index (χ0n) is 15.8. The summed E-state index contributed by atoms with van der Waals surface area (Å²) in [6.45, 7) is 0.755. The average molecular weight is 387 g/mol. The van der Waals surface area contributed by atoms with Crippen molar-refractivity contribution >= 4 is 18.5 Å². The van der Waals surface area contributed by atoms with Crippen molar-refractivity contribution in [3.63, 3.8) is 0 Å². The van der Waals surface area contributed by atoms with Crippen LogP contribution in [0.1, 0.15) is 39.8 Å². The number of carbonyl (C=O) groups excluding carboxylic acids is 2. The van der Waals surface area contributed by atoms with Crippen molar-refractivity contribution in [3.05, 3.63) is 89.4 Å². The van der Waals surface area contributed by atoms with Gasteiger partial charge in [0.2, 0.25) is 0 Å². The molecule has 1 aliphatic carbocycles. The monoisotopic (exact) mass is 387 g/mol. The Hall–Kier alpha value is -3.60. The molecule has 0 radical (unpaired) electrons. The van der Waals surface area contributed by atoms with Gasteiger partial charge in [-0.2, -0.15) is 0 Å². The highest BCUT2D eigenvalue weighted by Gasteiger charge is 2.28. The molecule has 0 aliphatic heterocycles. The normalized spacial score (nSPS) is 12.6. The first kappa shape index (κ1) is 18.7. The molecular weight excluding hydrogens is 366 g/mol. The van der Waals surface area contributed by atoms with Crippen LogP contribution in [0.3, 0.4) is 0 Å². The number of alkyl carbamates (subject to hydrolysis) is 1. The number of fused-ring (bicyclic) bond motifs is 3. The van der Waals surface area contributed by atoms with Crippen molar-refractivity contribution < 1.29 is 18.7 Å². The molecule has 1 amide bonds. The first-order valence-corrected chi connectivity index (χ1v) is 9.56. The third-order valence-corrected chi connectivity index (χ3v) is 4.97. The summed E-state index contributed by atoms with van der Waals surface area (Å²) < 4.78 is 10.7. The summed E-state index contributed by atoms with van der Waals surface area (Å²) in [6.07, 6.45) is 4.50. The third-order valence-electron chi connectivity index (χ3n) is 4.97. The summed E-state index contributed by atoms with van der Waals surface area (Å²) in [5, 5.41) is 2.76. The van der Waals surface area contributed by atoms with Crippen LogP contribution in [0.5, 0.6) is 0 Å². The summed E-state index contributed by atoms with van der Waals surface area (Å²) in [6, 6.07) is 19.8. The Morgan fingerprint density at radius 1 is 0.966 bits per heavy atom. The average Bonchev–Trinajstić information content (AvgIpc) is 3.34. The lowest BCUT2D eigenvalue weighted by atomic mass is 9.98. The Bertz CT molecular complexity index is 1000. The number of nitrogens with one attached hydrogen (secondary N) is 1. The molecule has 1 heterocycles. The topological polar surface area (TPSA) is 68.5 Å². The van der Waals surface area contributed by atoms with E-state index in [1.807, 2.05) is 30.3 Å². The summed E-state index contributed by atoms with van der Waals surface area (Å²) >= 11 is 0. The van der Waals surface area contributed by atoms with Crippen molar-refractivity contribution in [1.29, 1.82) is 0 Å². The van der Waals surface area contributed by atoms with Gasteiger partial charge in [0, 0.05) is 12.5 Å². The Kier molecular flexibility index (Phi) is 5.56. The molecule has 4 rings (SSSR count). The van der Waals surface area contributed by atoms with Gasteiger partial charge in [0.1, 0.15) is 12.4 Å².